The van der Waals surface area contributed by atoms with Crippen molar-refractivity contribution in [2.75, 3.05) is 23.4 Å². The van der Waals surface area contributed by atoms with Gasteiger partial charge in [0.25, 0.3) is 0 Å². The van der Waals surface area contributed by atoms with Gasteiger partial charge in [0.15, 0.2) is 0 Å². The Labute approximate surface area is 166 Å². The van der Waals surface area contributed by atoms with E-state index in [0.29, 0.717) is 25.2 Å². The summed E-state index contributed by atoms with van der Waals surface area (Å²) < 4.78 is 64.4. The molecular weight excluding hydrogens is 407 g/mol. The predicted octanol–water partition coefficient (Wildman–Crippen LogP) is 3.13. The van der Waals surface area contributed by atoms with E-state index in [1.54, 1.807) is 6.07 Å². The van der Waals surface area contributed by atoms with Gasteiger partial charge in [-0.3, -0.25) is 0 Å². The molecule has 1 aromatic heterocycles. The number of nitrogens with zero attached hydrogens (tertiary/aromatic N) is 3. The zero-order valence-corrected chi connectivity index (χ0v) is 16.4. The largest absolute Gasteiger partial charge is 0.421 e. The van der Waals surface area contributed by atoms with Crippen molar-refractivity contribution >= 4 is 27.5 Å². The molecule has 0 bridgehead atoms. The molecule has 1 fully saturated rings. The topological polar surface area (TPSA) is 87.2 Å². The monoisotopic (exact) mass is 427 g/mol. The van der Waals surface area contributed by atoms with Crippen LogP contribution in [0.5, 0.6) is 0 Å². The number of rotatable bonds is 5. The van der Waals surface area contributed by atoms with Crippen LogP contribution in [-0.4, -0.2) is 41.5 Å². The molecule has 1 aliphatic heterocycles. The van der Waals surface area contributed by atoms with Gasteiger partial charge in [-0.1, -0.05) is 6.07 Å². The zero-order valence-electron chi connectivity index (χ0n) is 15.6. The van der Waals surface area contributed by atoms with Crippen molar-refractivity contribution in [2.45, 2.75) is 38.0 Å². The summed E-state index contributed by atoms with van der Waals surface area (Å²) in [6.45, 7) is 0.697. The highest BCUT2D eigenvalue weighted by Crippen LogP contribution is 2.36. The Morgan fingerprint density at radius 3 is 2.62 bits per heavy atom. The molecule has 1 aliphatic carbocycles. The van der Waals surface area contributed by atoms with E-state index in [1.165, 1.54) is 10.6 Å². The van der Waals surface area contributed by atoms with Gasteiger partial charge in [-0.25, -0.2) is 13.4 Å². The van der Waals surface area contributed by atoms with Crippen LogP contribution in [0.2, 0.25) is 0 Å². The minimum Gasteiger partial charge on any atom is -0.367 e. The Kier molecular flexibility index (Phi) is 4.89. The average molecular weight is 427 g/mol. The fourth-order valence-corrected chi connectivity index (χ4v) is 3.99. The minimum absolute atomic E-state index is 0.0142. The van der Waals surface area contributed by atoms with Crippen LogP contribution in [0.1, 0.15) is 29.5 Å². The minimum atomic E-state index is -4.53. The summed E-state index contributed by atoms with van der Waals surface area (Å²) in [5, 5.41) is 5.76. The first kappa shape index (κ1) is 19.9. The van der Waals surface area contributed by atoms with Crippen molar-refractivity contribution in [1.29, 1.82) is 0 Å². The molecule has 0 amide bonds. The van der Waals surface area contributed by atoms with Gasteiger partial charge in [0.05, 0.1) is 6.26 Å². The van der Waals surface area contributed by atoms with Crippen LogP contribution in [0.3, 0.4) is 0 Å². The Hall–Kier alpha value is -2.40. The molecule has 11 heteroatoms. The van der Waals surface area contributed by atoms with Crippen LogP contribution in [-0.2, 0) is 29.2 Å². The number of nitrogens with one attached hydrogen (secondary N) is 2. The smallest absolute Gasteiger partial charge is 0.367 e. The SMILES string of the molecule is CS(=O)(=O)N1CCc2cc(Nc3ncc(C(F)(F)F)c(NC4CC4)n3)ccc2C1. The molecule has 2 aromatic rings. The van der Waals surface area contributed by atoms with Crippen LogP contribution in [0, 0.1) is 0 Å². The maximum Gasteiger partial charge on any atom is 0.421 e. The average Bonchev–Trinajstić information content (AvgIpc) is 3.43. The lowest BCUT2D eigenvalue weighted by Crippen LogP contribution is -2.35. The highest BCUT2D eigenvalue weighted by Gasteiger charge is 2.37. The number of halogens is 3. The van der Waals surface area contributed by atoms with E-state index in [1.807, 2.05) is 12.1 Å². The lowest BCUT2D eigenvalue weighted by atomic mass is 10.0. The maximum absolute atomic E-state index is 13.2. The van der Waals surface area contributed by atoms with Gasteiger partial charge in [0.1, 0.15) is 11.4 Å². The summed E-state index contributed by atoms with van der Waals surface area (Å²) in [5.74, 6) is -0.158. The predicted molar refractivity (Wildman–Crippen MR) is 102 cm³/mol. The third-order valence-electron chi connectivity index (χ3n) is 4.92. The van der Waals surface area contributed by atoms with Gasteiger partial charge < -0.3 is 10.6 Å². The highest BCUT2D eigenvalue weighted by atomic mass is 32.2. The molecule has 4 rings (SSSR count). The molecule has 0 saturated heterocycles. The summed E-state index contributed by atoms with van der Waals surface area (Å²) in [4.78, 5) is 7.85. The van der Waals surface area contributed by atoms with Crippen LogP contribution in [0.25, 0.3) is 0 Å². The Morgan fingerprint density at radius 1 is 1.21 bits per heavy atom. The highest BCUT2D eigenvalue weighted by molar-refractivity contribution is 7.88. The second-order valence-electron chi connectivity index (χ2n) is 7.33. The molecule has 2 heterocycles. The van der Waals surface area contributed by atoms with E-state index in [9.17, 15) is 21.6 Å². The number of hydrogen-bond acceptors (Lipinski definition) is 6. The molecule has 156 valence electrons. The van der Waals surface area contributed by atoms with Crippen LogP contribution in [0.4, 0.5) is 30.6 Å². The number of fused-ring (bicyclic) bond motifs is 1. The summed E-state index contributed by atoms with van der Waals surface area (Å²) in [6, 6.07) is 5.41. The molecule has 0 unspecified atom stereocenters. The first-order valence-corrected chi connectivity index (χ1v) is 11.0. The molecule has 29 heavy (non-hydrogen) atoms. The lowest BCUT2D eigenvalue weighted by Gasteiger charge is -2.27. The molecule has 7 nitrogen and oxygen atoms in total. The third-order valence-corrected chi connectivity index (χ3v) is 6.17. The van der Waals surface area contributed by atoms with Crippen LogP contribution in [0.15, 0.2) is 24.4 Å². The van der Waals surface area contributed by atoms with Gasteiger partial charge in [-0.05, 0) is 42.5 Å². The van der Waals surface area contributed by atoms with Gasteiger partial charge >= 0.3 is 6.18 Å². The fourth-order valence-electron chi connectivity index (χ4n) is 3.20. The van der Waals surface area contributed by atoms with Gasteiger partial charge in [0.2, 0.25) is 16.0 Å². The van der Waals surface area contributed by atoms with Crippen molar-refractivity contribution in [2.24, 2.45) is 0 Å². The third kappa shape index (κ3) is 4.61. The van der Waals surface area contributed by atoms with E-state index in [4.69, 9.17) is 0 Å². The van der Waals surface area contributed by atoms with Crippen molar-refractivity contribution in [3.8, 4) is 0 Å². The van der Waals surface area contributed by atoms with Crippen molar-refractivity contribution in [3.05, 3.63) is 41.1 Å². The summed E-state index contributed by atoms with van der Waals surface area (Å²) in [6.07, 6.45) is -0.377. The molecule has 2 aliphatic rings. The summed E-state index contributed by atoms with van der Waals surface area (Å²) in [7, 11) is -3.25. The first-order chi connectivity index (χ1) is 13.6. The molecule has 2 N–H and O–H groups in total. The van der Waals surface area contributed by atoms with Crippen molar-refractivity contribution in [1.82, 2.24) is 14.3 Å². The summed E-state index contributed by atoms with van der Waals surface area (Å²) in [5.41, 5.74) is 1.63. The second-order valence-corrected chi connectivity index (χ2v) is 9.31. The quantitative estimate of drug-likeness (QED) is 0.763. The molecule has 1 saturated carbocycles. The Balaban J connectivity index is 1.55. The first-order valence-electron chi connectivity index (χ1n) is 9.14. The molecular formula is C18H20F3N5O2S. The fraction of sp³-hybridized carbons (Fsp3) is 0.444. The van der Waals surface area contributed by atoms with Crippen molar-refractivity contribution < 1.29 is 21.6 Å². The van der Waals surface area contributed by atoms with Gasteiger partial charge in [-0.15, -0.1) is 0 Å². The lowest BCUT2D eigenvalue weighted by molar-refractivity contribution is -0.137. The number of alkyl halides is 3. The Morgan fingerprint density at radius 2 is 1.97 bits per heavy atom. The summed E-state index contributed by atoms with van der Waals surface area (Å²) >= 11 is 0. The van der Waals surface area contributed by atoms with E-state index in [0.717, 1.165) is 30.2 Å². The maximum atomic E-state index is 13.2. The Bertz CT molecular complexity index is 1040. The molecule has 0 spiro atoms. The number of anilines is 3. The normalized spacial score (nSPS) is 17.7. The zero-order chi connectivity index (χ0) is 20.8. The number of hydrogen-bond donors (Lipinski definition) is 2. The van der Waals surface area contributed by atoms with Gasteiger partial charge in [0, 0.05) is 31.0 Å². The van der Waals surface area contributed by atoms with E-state index in [-0.39, 0.29) is 17.8 Å². The van der Waals surface area contributed by atoms with E-state index >= 15 is 0 Å². The van der Waals surface area contributed by atoms with Crippen LogP contribution >= 0.6 is 0 Å². The number of aromatic nitrogens is 2. The number of sulfonamides is 1. The van der Waals surface area contributed by atoms with Crippen LogP contribution < -0.4 is 10.6 Å². The van der Waals surface area contributed by atoms with E-state index < -0.39 is 21.8 Å². The molecule has 1 aromatic carbocycles. The second kappa shape index (κ2) is 7.13. The molecule has 0 radical (unpaired) electrons. The molecule has 0 atom stereocenters. The standard InChI is InChI=1S/C18H20F3N5O2S/c1-29(27,28)26-7-6-11-8-14(3-2-12(11)10-26)24-17-22-9-15(18(19,20)21)16(25-17)23-13-4-5-13/h2-3,8-9,13H,4-7,10H2,1H3,(H2,22,23,24,25). The van der Waals surface area contributed by atoms with E-state index in [2.05, 4.69) is 20.6 Å². The van der Waals surface area contributed by atoms with Gasteiger partial charge in [-0.2, -0.15) is 22.5 Å². The van der Waals surface area contributed by atoms with Crippen molar-refractivity contribution in [3.63, 3.8) is 0 Å². The number of benzene rings is 1.